The van der Waals surface area contributed by atoms with Gasteiger partial charge in [-0.25, -0.2) is 0 Å². The van der Waals surface area contributed by atoms with Crippen molar-refractivity contribution in [3.8, 4) is 0 Å². The van der Waals surface area contributed by atoms with Gasteiger partial charge < -0.3 is 15.5 Å². The van der Waals surface area contributed by atoms with E-state index >= 15 is 0 Å². The summed E-state index contributed by atoms with van der Waals surface area (Å²) in [6.07, 6.45) is 2.19. The summed E-state index contributed by atoms with van der Waals surface area (Å²) in [5.74, 6) is 0.924. The van der Waals surface area contributed by atoms with Crippen molar-refractivity contribution in [1.82, 2.24) is 15.5 Å². The summed E-state index contributed by atoms with van der Waals surface area (Å²) in [6, 6.07) is 11.0. The molecule has 22 heavy (non-hydrogen) atoms. The molecule has 1 rings (SSSR count). The third kappa shape index (κ3) is 8.03. The summed E-state index contributed by atoms with van der Waals surface area (Å²) >= 11 is 0. The first-order chi connectivity index (χ1) is 10.7. The Morgan fingerprint density at radius 3 is 2.59 bits per heavy atom. The van der Waals surface area contributed by atoms with Crippen molar-refractivity contribution >= 4 is 5.96 Å². The van der Waals surface area contributed by atoms with Crippen LogP contribution in [0.2, 0.25) is 0 Å². The predicted octanol–water partition coefficient (Wildman–Crippen LogP) is 2.51. The van der Waals surface area contributed by atoms with E-state index in [9.17, 15) is 0 Å². The molecule has 2 N–H and O–H groups in total. The number of guanidine groups is 1. The van der Waals surface area contributed by atoms with Crippen LogP contribution in [0.1, 0.15) is 32.8 Å². The van der Waals surface area contributed by atoms with Crippen LogP contribution in [0, 0.1) is 0 Å². The van der Waals surface area contributed by atoms with Gasteiger partial charge in [0.1, 0.15) is 0 Å². The van der Waals surface area contributed by atoms with Crippen molar-refractivity contribution in [1.29, 1.82) is 0 Å². The monoisotopic (exact) mass is 304 g/mol. The molecule has 1 unspecified atom stereocenters. The minimum atomic E-state index is 0.405. The van der Waals surface area contributed by atoms with E-state index in [0.29, 0.717) is 6.04 Å². The van der Waals surface area contributed by atoms with E-state index in [1.165, 1.54) is 5.56 Å². The third-order valence-electron chi connectivity index (χ3n) is 3.73. The predicted molar refractivity (Wildman–Crippen MR) is 96.5 cm³/mol. The number of aliphatic imine (C=N–C) groups is 1. The summed E-state index contributed by atoms with van der Waals surface area (Å²) in [5, 5.41) is 6.82. The van der Waals surface area contributed by atoms with Gasteiger partial charge in [0.2, 0.25) is 0 Å². The lowest BCUT2D eigenvalue weighted by Gasteiger charge is -2.18. The molecule has 1 aromatic rings. The molecule has 0 radical (unpaired) electrons. The van der Waals surface area contributed by atoms with Gasteiger partial charge in [-0.05, 0) is 45.8 Å². The van der Waals surface area contributed by atoms with Crippen LogP contribution in [0.15, 0.2) is 35.3 Å². The zero-order chi connectivity index (χ0) is 16.2. The molecule has 4 nitrogen and oxygen atoms in total. The summed E-state index contributed by atoms with van der Waals surface area (Å²) < 4.78 is 0. The molecular weight excluding hydrogens is 272 g/mol. The Hall–Kier alpha value is -1.55. The maximum Gasteiger partial charge on any atom is 0.191 e. The summed E-state index contributed by atoms with van der Waals surface area (Å²) in [4.78, 5) is 6.92. The fourth-order valence-electron chi connectivity index (χ4n) is 2.14. The molecular formula is C18H32N4. The average molecular weight is 304 g/mol. The highest BCUT2D eigenvalue weighted by Crippen LogP contribution is 2.04. The molecule has 0 heterocycles. The molecule has 0 saturated carbocycles. The van der Waals surface area contributed by atoms with Gasteiger partial charge in [-0.3, -0.25) is 4.99 Å². The highest BCUT2D eigenvalue weighted by molar-refractivity contribution is 5.80. The molecule has 0 saturated heterocycles. The first-order valence-electron chi connectivity index (χ1n) is 8.43. The first-order valence-corrected chi connectivity index (χ1v) is 8.43. The van der Waals surface area contributed by atoms with Crippen LogP contribution in [0.25, 0.3) is 0 Å². The third-order valence-corrected chi connectivity index (χ3v) is 3.73. The molecule has 0 aromatic heterocycles. The Morgan fingerprint density at radius 2 is 1.95 bits per heavy atom. The number of hydrogen-bond acceptors (Lipinski definition) is 2. The van der Waals surface area contributed by atoms with E-state index in [0.717, 1.165) is 45.0 Å². The van der Waals surface area contributed by atoms with Crippen molar-refractivity contribution in [2.75, 3.05) is 33.2 Å². The zero-order valence-electron chi connectivity index (χ0n) is 14.6. The molecule has 0 spiro atoms. The van der Waals surface area contributed by atoms with Crippen LogP contribution >= 0.6 is 0 Å². The lowest BCUT2D eigenvalue weighted by atomic mass is 10.1. The lowest BCUT2D eigenvalue weighted by molar-refractivity contribution is 0.363. The molecule has 4 heteroatoms. The second kappa shape index (κ2) is 11.1. The van der Waals surface area contributed by atoms with Gasteiger partial charge in [-0.15, -0.1) is 0 Å². The Bertz CT molecular complexity index is 416. The lowest BCUT2D eigenvalue weighted by Crippen LogP contribution is -2.42. The highest BCUT2D eigenvalue weighted by Gasteiger charge is 2.05. The van der Waals surface area contributed by atoms with E-state index in [2.05, 4.69) is 78.7 Å². The fourth-order valence-corrected chi connectivity index (χ4v) is 2.14. The smallest absolute Gasteiger partial charge is 0.191 e. The topological polar surface area (TPSA) is 39.7 Å². The minimum Gasteiger partial charge on any atom is -0.357 e. The first kappa shape index (κ1) is 18.5. The number of rotatable bonds is 9. The number of likely N-dealkylation sites (N-methyl/N-ethyl adjacent to an activating group) is 1. The van der Waals surface area contributed by atoms with E-state index in [4.69, 9.17) is 0 Å². The molecule has 0 amide bonds. The van der Waals surface area contributed by atoms with Crippen molar-refractivity contribution in [3.63, 3.8) is 0 Å². The summed E-state index contributed by atoms with van der Waals surface area (Å²) in [6.45, 7) is 10.3. The number of hydrogen-bond donors (Lipinski definition) is 2. The van der Waals surface area contributed by atoms with E-state index in [1.54, 1.807) is 0 Å². The maximum absolute atomic E-state index is 4.65. The van der Waals surface area contributed by atoms with E-state index in [-0.39, 0.29) is 0 Å². The largest absolute Gasteiger partial charge is 0.357 e. The van der Waals surface area contributed by atoms with Crippen molar-refractivity contribution in [3.05, 3.63) is 35.9 Å². The molecule has 124 valence electrons. The van der Waals surface area contributed by atoms with Crippen LogP contribution in [-0.4, -0.2) is 50.1 Å². The quantitative estimate of drug-likeness (QED) is 0.544. The Kier molecular flexibility index (Phi) is 9.31. The molecule has 0 bridgehead atoms. The highest BCUT2D eigenvalue weighted by atomic mass is 15.2. The van der Waals surface area contributed by atoms with Crippen molar-refractivity contribution < 1.29 is 0 Å². The fraction of sp³-hybridized carbons (Fsp3) is 0.611. The van der Waals surface area contributed by atoms with Crippen LogP contribution in [0.3, 0.4) is 0 Å². The Labute approximate surface area is 136 Å². The molecule has 1 aromatic carbocycles. The maximum atomic E-state index is 4.65. The van der Waals surface area contributed by atoms with E-state index < -0.39 is 0 Å². The van der Waals surface area contributed by atoms with Crippen LogP contribution in [0.4, 0.5) is 0 Å². The molecule has 1 atom stereocenters. The Balaban J connectivity index is 2.39. The van der Waals surface area contributed by atoms with Crippen LogP contribution in [0.5, 0.6) is 0 Å². The van der Waals surface area contributed by atoms with Gasteiger partial charge in [0.05, 0.1) is 6.54 Å². The second-order valence-corrected chi connectivity index (χ2v) is 5.73. The molecule has 0 aliphatic heterocycles. The number of aryl methyl sites for hydroxylation is 1. The second-order valence-electron chi connectivity index (χ2n) is 5.73. The van der Waals surface area contributed by atoms with Crippen molar-refractivity contribution in [2.45, 2.75) is 39.7 Å². The minimum absolute atomic E-state index is 0.405. The summed E-state index contributed by atoms with van der Waals surface area (Å²) in [5.41, 5.74) is 1.39. The average Bonchev–Trinajstić information content (AvgIpc) is 2.54. The number of nitrogens with zero attached hydrogens (tertiary/aromatic N) is 2. The van der Waals surface area contributed by atoms with Gasteiger partial charge in [0.15, 0.2) is 5.96 Å². The van der Waals surface area contributed by atoms with E-state index in [1.807, 2.05) is 0 Å². The number of benzene rings is 1. The van der Waals surface area contributed by atoms with Gasteiger partial charge >= 0.3 is 0 Å². The van der Waals surface area contributed by atoms with Gasteiger partial charge in [0, 0.05) is 19.1 Å². The van der Waals surface area contributed by atoms with Gasteiger partial charge in [-0.2, -0.15) is 0 Å². The van der Waals surface area contributed by atoms with Crippen LogP contribution < -0.4 is 10.6 Å². The Morgan fingerprint density at radius 1 is 1.23 bits per heavy atom. The molecule has 0 fully saturated rings. The van der Waals surface area contributed by atoms with Gasteiger partial charge in [0.25, 0.3) is 0 Å². The number of nitrogens with one attached hydrogen (secondary N) is 2. The SMILES string of the molecule is CCNC(=NCCN(C)CC)NC(C)CCc1ccccc1. The summed E-state index contributed by atoms with van der Waals surface area (Å²) in [7, 11) is 2.12. The zero-order valence-corrected chi connectivity index (χ0v) is 14.6. The van der Waals surface area contributed by atoms with Crippen LogP contribution in [-0.2, 0) is 6.42 Å². The molecule has 0 aliphatic rings. The molecule has 0 aliphatic carbocycles. The standard InChI is InChI=1S/C18H32N4/c1-5-19-18(20-14-15-22(4)6-2)21-16(3)12-13-17-10-8-7-9-11-17/h7-11,16H,5-6,12-15H2,1-4H3,(H2,19,20,21). The normalized spacial score (nSPS) is 13.2. The van der Waals surface area contributed by atoms with Gasteiger partial charge in [-0.1, -0.05) is 37.3 Å². The van der Waals surface area contributed by atoms with Crippen molar-refractivity contribution in [2.24, 2.45) is 4.99 Å².